The number of nitriles is 1. The summed E-state index contributed by atoms with van der Waals surface area (Å²) in [5.41, 5.74) is 4.71. The Balaban J connectivity index is 2.09. The second-order valence-electron chi connectivity index (χ2n) is 5.53. The highest BCUT2D eigenvalue weighted by Crippen LogP contribution is 2.25. The SMILES string of the molecule is Cc1cc(/C=C(\C#N)c2cccc(Br)c2)c(C)n1-c1ccccn1. The summed E-state index contributed by atoms with van der Waals surface area (Å²) in [5, 5.41) is 9.56. The van der Waals surface area contributed by atoms with Crippen LogP contribution < -0.4 is 0 Å². The minimum absolute atomic E-state index is 0.637. The van der Waals surface area contributed by atoms with Crippen molar-refractivity contribution in [2.24, 2.45) is 0 Å². The van der Waals surface area contributed by atoms with Gasteiger partial charge in [0.05, 0.1) is 11.6 Å². The van der Waals surface area contributed by atoms with Gasteiger partial charge in [0.2, 0.25) is 0 Å². The Hall–Kier alpha value is -2.64. The molecule has 0 aliphatic rings. The van der Waals surface area contributed by atoms with E-state index in [1.807, 2.05) is 62.4 Å². The lowest BCUT2D eigenvalue weighted by Gasteiger charge is -2.08. The van der Waals surface area contributed by atoms with E-state index in [1.165, 1.54) is 0 Å². The standard InChI is InChI=1S/C20H16BrN3/c1-14-10-17(15(2)24(14)20-8-3-4-9-23-20)11-18(13-22)16-6-5-7-19(21)12-16/h3-12H,1-2H3/b18-11+. The molecular formula is C20H16BrN3. The molecule has 0 radical (unpaired) electrons. The molecule has 0 saturated heterocycles. The molecule has 0 amide bonds. The van der Waals surface area contributed by atoms with Gasteiger partial charge in [0.1, 0.15) is 5.82 Å². The van der Waals surface area contributed by atoms with Gasteiger partial charge in [-0.1, -0.05) is 34.1 Å². The minimum atomic E-state index is 0.637. The van der Waals surface area contributed by atoms with Crippen molar-refractivity contribution in [2.45, 2.75) is 13.8 Å². The van der Waals surface area contributed by atoms with Gasteiger partial charge in [-0.3, -0.25) is 0 Å². The summed E-state index contributed by atoms with van der Waals surface area (Å²) in [6, 6.07) is 18.0. The quantitative estimate of drug-likeness (QED) is 0.579. The number of aromatic nitrogens is 2. The van der Waals surface area contributed by atoms with Crippen molar-refractivity contribution in [1.29, 1.82) is 5.26 Å². The Morgan fingerprint density at radius 3 is 2.67 bits per heavy atom. The third-order valence-electron chi connectivity index (χ3n) is 3.90. The molecule has 0 spiro atoms. The van der Waals surface area contributed by atoms with Crippen molar-refractivity contribution in [3.05, 3.63) is 81.7 Å². The van der Waals surface area contributed by atoms with Gasteiger partial charge in [0, 0.05) is 22.1 Å². The highest BCUT2D eigenvalue weighted by Gasteiger charge is 2.11. The molecule has 0 fully saturated rings. The van der Waals surface area contributed by atoms with Crippen LogP contribution in [0.5, 0.6) is 0 Å². The summed E-state index contributed by atoms with van der Waals surface area (Å²) < 4.78 is 3.06. The van der Waals surface area contributed by atoms with Crippen LogP contribution in [0.4, 0.5) is 0 Å². The van der Waals surface area contributed by atoms with E-state index < -0.39 is 0 Å². The number of rotatable bonds is 3. The Morgan fingerprint density at radius 2 is 2.00 bits per heavy atom. The number of halogens is 1. The molecule has 24 heavy (non-hydrogen) atoms. The van der Waals surface area contributed by atoms with Crippen molar-refractivity contribution >= 4 is 27.6 Å². The lowest BCUT2D eigenvalue weighted by molar-refractivity contribution is 0.921. The first-order valence-corrected chi connectivity index (χ1v) is 8.37. The normalized spacial score (nSPS) is 11.3. The van der Waals surface area contributed by atoms with Gasteiger partial charge >= 0.3 is 0 Å². The molecule has 0 aliphatic heterocycles. The average molecular weight is 378 g/mol. The van der Waals surface area contributed by atoms with Gasteiger partial charge in [-0.05, 0) is 61.4 Å². The first-order chi connectivity index (χ1) is 11.6. The van der Waals surface area contributed by atoms with Crippen LogP contribution in [-0.2, 0) is 0 Å². The van der Waals surface area contributed by atoms with E-state index >= 15 is 0 Å². The summed E-state index contributed by atoms with van der Waals surface area (Å²) >= 11 is 3.46. The fourth-order valence-corrected chi connectivity index (χ4v) is 3.16. The predicted octanol–water partition coefficient (Wildman–Crippen LogP) is 5.32. The highest BCUT2D eigenvalue weighted by molar-refractivity contribution is 9.10. The number of pyridine rings is 1. The molecule has 3 nitrogen and oxygen atoms in total. The van der Waals surface area contributed by atoms with Crippen molar-refractivity contribution in [3.63, 3.8) is 0 Å². The van der Waals surface area contributed by atoms with Gasteiger partial charge < -0.3 is 4.57 Å². The van der Waals surface area contributed by atoms with E-state index in [4.69, 9.17) is 0 Å². The third kappa shape index (κ3) is 3.17. The summed E-state index contributed by atoms with van der Waals surface area (Å²) in [7, 11) is 0. The zero-order valence-electron chi connectivity index (χ0n) is 13.5. The molecule has 2 heterocycles. The number of hydrogen-bond donors (Lipinski definition) is 0. The van der Waals surface area contributed by atoms with Crippen LogP contribution in [0.25, 0.3) is 17.5 Å². The van der Waals surface area contributed by atoms with E-state index in [1.54, 1.807) is 6.20 Å². The average Bonchev–Trinajstić information content (AvgIpc) is 2.87. The number of hydrogen-bond acceptors (Lipinski definition) is 2. The van der Waals surface area contributed by atoms with Crippen molar-refractivity contribution in [3.8, 4) is 11.9 Å². The van der Waals surface area contributed by atoms with Crippen LogP contribution >= 0.6 is 15.9 Å². The molecule has 0 bridgehead atoms. The van der Waals surface area contributed by atoms with Crippen LogP contribution in [-0.4, -0.2) is 9.55 Å². The Bertz CT molecular complexity index is 947. The maximum Gasteiger partial charge on any atom is 0.136 e. The summed E-state index contributed by atoms with van der Waals surface area (Å²) in [5.74, 6) is 0.883. The van der Waals surface area contributed by atoms with E-state index in [9.17, 15) is 5.26 Å². The topological polar surface area (TPSA) is 41.6 Å². The van der Waals surface area contributed by atoms with Gasteiger partial charge in [0.25, 0.3) is 0 Å². The molecule has 1 aromatic carbocycles. The second-order valence-corrected chi connectivity index (χ2v) is 6.45. The van der Waals surface area contributed by atoms with Gasteiger partial charge in [-0.2, -0.15) is 5.26 Å². The van der Waals surface area contributed by atoms with E-state index in [0.29, 0.717) is 5.57 Å². The van der Waals surface area contributed by atoms with Gasteiger partial charge in [-0.25, -0.2) is 4.98 Å². The molecule has 0 atom stereocenters. The molecule has 0 saturated carbocycles. The summed E-state index contributed by atoms with van der Waals surface area (Å²) in [6.07, 6.45) is 3.72. The fraction of sp³-hybridized carbons (Fsp3) is 0.100. The number of benzene rings is 1. The molecule has 2 aromatic heterocycles. The number of allylic oxidation sites excluding steroid dienone is 1. The van der Waals surface area contributed by atoms with Crippen LogP contribution in [0.15, 0.2) is 59.2 Å². The lowest BCUT2D eigenvalue weighted by atomic mass is 10.0. The predicted molar refractivity (Wildman–Crippen MR) is 101 cm³/mol. The van der Waals surface area contributed by atoms with Crippen molar-refractivity contribution < 1.29 is 0 Å². The van der Waals surface area contributed by atoms with Crippen LogP contribution in [0.3, 0.4) is 0 Å². The molecule has 4 heteroatoms. The minimum Gasteiger partial charge on any atom is -0.303 e. The van der Waals surface area contributed by atoms with Crippen LogP contribution in [0.1, 0.15) is 22.5 Å². The van der Waals surface area contributed by atoms with Gasteiger partial charge in [-0.15, -0.1) is 0 Å². The number of nitrogens with zero attached hydrogens (tertiary/aromatic N) is 3. The first-order valence-electron chi connectivity index (χ1n) is 7.58. The van der Waals surface area contributed by atoms with Crippen LogP contribution in [0.2, 0.25) is 0 Å². The van der Waals surface area contributed by atoms with Crippen LogP contribution in [0, 0.1) is 25.2 Å². The van der Waals surface area contributed by atoms with E-state index in [2.05, 4.69) is 37.6 Å². The van der Waals surface area contributed by atoms with Gasteiger partial charge in [0.15, 0.2) is 0 Å². The zero-order valence-corrected chi connectivity index (χ0v) is 15.1. The molecule has 3 rings (SSSR count). The molecule has 0 unspecified atom stereocenters. The smallest absolute Gasteiger partial charge is 0.136 e. The molecular weight excluding hydrogens is 362 g/mol. The highest BCUT2D eigenvalue weighted by atomic mass is 79.9. The monoisotopic (exact) mass is 377 g/mol. The Morgan fingerprint density at radius 1 is 1.17 bits per heavy atom. The fourth-order valence-electron chi connectivity index (χ4n) is 2.76. The van der Waals surface area contributed by atoms with E-state index in [-0.39, 0.29) is 0 Å². The summed E-state index contributed by atoms with van der Waals surface area (Å²) in [4.78, 5) is 4.42. The molecule has 0 N–H and O–H groups in total. The first kappa shape index (κ1) is 16.2. The summed E-state index contributed by atoms with van der Waals surface area (Å²) in [6.45, 7) is 4.09. The maximum atomic E-state index is 9.56. The Labute approximate surface area is 150 Å². The van der Waals surface area contributed by atoms with Crippen molar-refractivity contribution in [1.82, 2.24) is 9.55 Å². The second kappa shape index (κ2) is 6.86. The lowest BCUT2D eigenvalue weighted by Crippen LogP contribution is -2.01. The molecule has 118 valence electrons. The molecule has 3 aromatic rings. The zero-order chi connectivity index (χ0) is 17.1. The third-order valence-corrected chi connectivity index (χ3v) is 4.40. The number of aryl methyl sites for hydroxylation is 1. The Kier molecular flexibility index (Phi) is 4.64. The van der Waals surface area contributed by atoms with Crippen molar-refractivity contribution in [2.75, 3.05) is 0 Å². The largest absolute Gasteiger partial charge is 0.303 e. The van der Waals surface area contributed by atoms with E-state index in [0.717, 1.165) is 32.8 Å². The maximum absolute atomic E-state index is 9.56. The molecule has 0 aliphatic carbocycles.